The van der Waals surface area contributed by atoms with E-state index in [4.69, 9.17) is 0 Å². The molecule has 1 N–H and O–H groups in total. The van der Waals surface area contributed by atoms with Crippen molar-refractivity contribution in [3.05, 3.63) is 62.2 Å². The van der Waals surface area contributed by atoms with Gasteiger partial charge in [-0.15, -0.1) is 11.3 Å². The molecule has 0 aliphatic heterocycles. The monoisotopic (exact) mass is 355 g/mol. The predicted molar refractivity (Wildman–Crippen MR) is 97.7 cm³/mol. The fourth-order valence-corrected chi connectivity index (χ4v) is 3.11. The third-order valence-corrected chi connectivity index (χ3v) is 4.68. The first-order valence-corrected chi connectivity index (χ1v) is 8.64. The molecule has 25 heavy (non-hydrogen) atoms. The number of non-ortho nitro benzene ring substituents is 1. The maximum Gasteiger partial charge on any atom is 0.270 e. The molecular formula is C17H17N5O2S. The average molecular weight is 355 g/mol. The third kappa shape index (κ3) is 4.16. The van der Waals surface area contributed by atoms with Crippen molar-refractivity contribution in [1.82, 2.24) is 15.0 Å². The van der Waals surface area contributed by atoms with E-state index in [0.29, 0.717) is 23.8 Å². The Bertz CT molecular complexity index is 910. The summed E-state index contributed by atoms with van der Waals surface area (Å²) in [6.45, 7) is 4.55. The van der Waals surface area contributed by atoms with Crippen LogP contribution in [0.15, 0.2) is 36.5 Å². The zero-order valence-electron chi connectivity index (χ0n) is 13.9. The van der Waals surface area contributed by atoms with Gasteiger partial charge in [0.05, 0.1) is 11.5 Å². The molecule has 7 nitrogen and oxygen atoms in total. The van der Waals surface area contributed by atoms with Crippen molar-refractivity contribution in [3.8, 4) is 11.4 Å². The van der Waals surface area contributed by atoms with E-state index in [-0.39, 0.29) is 5.69 Å². The summed E-state index contributed by atoms with van der Waals surface area (Å²) in [6.07, 6.45) is 2.86. The van der Waals surface area contributed by atoms with Gasteiger partial charge in [0.2, 0.25) is 0 Å². The third-order valence-electron chi connectivity index (χ3n) is 3.54. The van der Waals surface area contributed by atoms with Crippen molar-refractivity contribution in [2.45, 2.75) is 26.8 Å². The zero-order valence-corrected chi connectivity index (χ0v) is 14.7. The van der Waals surface area contributed by atoms with E-state index in [0.717, 1.165) is 17.1 Å². The minimum atomic E-state index is -0.424. The Hall–Kier alpha value is -2.87. The number of nitro benzene ring substituents is 1. The number of anilines is 1. The smallest absolute Gasteiger partial charge is 0.270 e. The van der Waals surface area contributed by atoms with E-state index >= 15 is 0 Å². The van der Waals surface area contributed by atoms with Crippen LogP contribution in [0.5, 0.6) is 0 Å². The van der Waals surface area contributed by atoms with Crippen LogP contribution in [-0.4, -0.2) is 19.9 Å². The van der Waals surface area contributed by atoms with Crippen LogP contribution in [0.3, 0.4) is 0 Å². The molecule has 0 aliphatic rings. The van der Waals surface area contributed by atoms with Gasteiger partial charge in [-0.2, -0.15) is 0 Å². The number of aromatic nitrogens is 3. The van der Waals surface area contributed by atoms with Gasteiger partial charge in [-0.3, -0.25) is 10.1 Å². The van der Waals surface area contributed by atoms with Crippen LogP contribution in [-0.2, 0) is 13.0 Å². The van der Waals surface area contributed by atoms with Gasteiger partial charge in [0, 0.05) is 40.5 Å². The van der Waals surface area contributed by atoms with Crippen LogP contribution < -0.4 is 5.32 Å². The number of nitrogens with zero attached hydrogens (tertiary/aromatic N) is 4. The lowest BCUT2D eigenvalue weighted by atomic mass is 10.2. The number of rotatable bonds is 6. The van der Waals surface area contributed by atoms with Crippen molar-refractivity contribution >= 4 is 22.8 Å². The Balaban J connectivity index is 1.82. The van der Waals surface area contributed by atoms with Gasteiger partial charge in [0.15, 0.2) is 5.82 Å². The molecule has 0 spiro atoms. The Labute approximate surface area is 149 Å². The summed E-state index contributed by atoms with van der Waals surface area (Å²) in [5.74, 6) is 1.13. The van der Waals surface area contributed by atoms with Gasteiger partial charge < -0.3 is 5.32 Å². The first kappa shape index (κ1) is 17.0. The number of nitrogens with one attached hydrogen (secondary N) is 1. The van der Waals surface area contributed by atoms with Crippen molar-refractivity contribution in [3.63, 3.8) is 0 Å². The molecule has 2 heterocycles. The summed E-state index contributed by atoms with van der Waals surface area (Å²) < 4.78 is 0. The topological polar surface area (TPSA) is 93.8 Å². The standard InChI is InChI=1S/C17H17N5O2S/c1-3-14-9-19-16(25-14)10-18-15-7-11(2)20-17(21-15)12-5-4-6-13(8-12)22(23)24/h4-9H,3,10H2,1-2H3,(H,18,20,21). The molecule has 0 radical (unpaired) electrons. The van der Waals surface area contributed by atoms with Crippen LogP contribution >= 0.6 is 11.3 Å². The fraction of sp³-hybridized carbons (Fsp3) is 0.235. The van der Waals surface area contributed by atoms with Crippen LogP contribution in [0.4, 0.5) is 11.5 Å². The van der Waals surface area contributed by atoms with Crippen molar-refractivity contribution in [2.24, 2.45) is 0 Å². The molecule has 2 aromatic heterocycles. The highest BCUT2D eigenvalue weighted by Gasteiger charge is 2.11. The Morgan fingerprint density at radius 3 is 2.84 bits per heavy atom. The van der Waals surface area contributed by atoms with Crippen LogP contribution in [0.1, 0.15) is 22.5 Å². The van der Waals surface area contributed by atoms with Crippen molar-refractivity contribution < 1.29 is 4.92 Å². The molecule has 0 atom stereocenters. The normalized spacial score (nSPS) is 10.6. The van der Waals surface area contributed by atoms with Crippen LogP contribution in [0.2, 0.25) is 0 Å². The van der Waals surface area contributed by atoms with Crippen LogP contribution in [0.25, 0.3) is 11.4 Å². The average Bonchev–Trinajstić information content (AvgIpc) is 3.08. The van der Waals surface area contributed by atoms with Gasteiger partial charge >= 0.3 is 0 Å². The van der Waals surface area contributed by atoms with Gasteiger partial charge in [0.25, 0.3) is 5.69 Å². The first-order chi connectivity index (χ1) is 12.0. The lowest BCUT2D eigenvalue weighted by molar-refractivity contribution is -0.384. The number of hydrogen-bond donors (Lipinski definition) is 1. The molecule has 0 amide bonds. The minimum absolute atomic E-state index is 0.0204. The van der Waals surface area contributed by atoms with Crippen LogP contribution in [0, 0.1) is 17.0 Å². The minimum Gasteiger partial charge on any atom is -0.363 e. The van der Waals surface area contributed by atoms with Gasteiger partial charge in [-0.25, -0.2) is 15.0 Å². The highest BCUT2D eigenvalue weighted by atomic mass is 32.1. The summed E-state index contributed by atoms with van der Waals surface area (Å²) in [4.78, 5) is 25.0. The lowest BCUT2D eigenvalue weighted by Gasteiger charge is -2.07. The van der Waals surface area contributed by atoms with Crippen molar-refractivity contribution in [2.75, 3.05) is 5.32 Å². The summed E-state index contributed by atoms with van der Waals surface area (Å²) in [5.41, 5.74) is 1.42. The van der Waals surface area contributed by atoms with Gasteiger partial charge in [-0.1, -0.05) is 19.1 Å². The molecule has 0 bridgehead atoms. The molecule has 8 heteroatoms. The maximum absolute atomic E-state index is 11.0. The molecule has 0 saturated carbocycles. The second-order valence-electron chi connectivity index (χ2n) is 5.45. The Morgan fingerprint density at radius 1 is 1.28 bits per heavy atom. The van der Waals surface area contributed by atoms with E-state index in [1.807, 2.05) is 19.2 Å². The molecule has 3 rings (SSSR count). The molecule has 0 unspecified atom stereocenters. The molecular weight excluding hydrogens is 338 g/mol. The highest BCUT2D eigenvalue weighted by Crippen LogP contribution is 2.23. The SMILES string of the molecule is CCc1cnc(CNc2cc(C)nc(-c3cccc([N+](=O)[O-])c3)n2)s1. The van der Waals surface area contributed by atoms with E-state index in [9.17, 15) is 10.1 Å². The number of aryl methyl sites for hydroxylation is 2. The van der Waals surface area contributed by atoms with E-state index in [1.54, 1.807) is 23.5 Å². The van der Waals surface area contributed by atoms with Gasteiger partial charge in [0.1, 0.15) is 10.8 Å². The summed E-state index contributed by atoms with van der Waals surface area (Å²) >= 11 is 1.67. The highest BCUT2D eigenvalue weighted by molar-refractivity contribution is 7.11. The molecule has 1 aromatic carbocycles. The molecule has 128 valence electrons. The predicted octanol–water partition coefficient (Wildman–Crippen LogP) is 3.99. The second-order valence-corrected chi connectivity index (χ2v) is 6.65. The largest absolute Gasteiger partial charge is 0.363 e. The summed E-state index contributed by atoms with van der Waals surface area (Å²) in [6, 6.07) is 8.17. The summed E-state index contributed by atoms with van der Waals surface area (Å²) in [7, 11) is 0. The first-order valence-electron chi connectivity index (χ1n) is 7.83. The van der Waals surface area contributed by atoms with Crippen molar-refractivity contribution in [1.29, 1.82) is 0 Å². The van der Waals surface area contributed by atoms with E-state index in [1.165, 1.54) is 17.0 Å². The quantitative estimate of drug-likeness (QED) is 0.531. The lowest BCUT2D eigenvalue weighted by Crippen LogP contribution is -2.03. The number of nitro groups is 1. The zero-order chi connectivity index (χ0) is 17.8. The fourth-order valence-electron chi connectivity index (χ4n) is 2.31. The summed E-state index contributed by atoms with van der Waals surface area (Å²) in [5, 5.41) is 15.2. The maximum atomic E-state index is 11.0. The number of benzene rings is 1. The molecule has 0 saturated heterocycles. The molecule has 0 aliphatic carbocycles. The van der Waals surface area contributed by atoms with E-state index in [2.05, 4.69) is 27.2 Å². The number of thiazole rings is 1. The Morgan fingerprint density at radius 2 is 2.12 bits per heavy atom. The molecule has 3 aromatic rings. The molecule has 0 fully saturated rings. The van der Waals surface area contributed by atoms with Gasteiger partial charge in [-0.05, 0) is 13.3 Å². The Kier molecular flexibility index (Phi) is 4.99. The van der Waals surface area contributed by atoms with E-state index < -0.39 is 4.92 Å². The second kappa shape index (κ2) is 7.35. The number of hydrogen-bond acceptors (Lipinski definition) is 7.